The molecule has 0 spiro atoms. The van der Waals surface area contributed by atoms with Crippen LogP contribution in [0.3, 0.4) is 0 Å². The number of carbonyl (C=O) groups excluding carboxylic acids is 1. The average molecular weight is 316 g/mol. The van der Waals surface area contributed by atoms with Gasteiger partial charge >= 0.3 is 0 Å². The van der Waals surface area contributed by atoms with Gasteiger partial charge in [-0.2, -0.15) is 5.26 Å². The number of nitrogens with one attached hydrogen (secondary N) is 1. The van der Waals surface area contributed by atoms with E-state index in [4.69, 9.17) is 5.73 Å². The molecule has 5 nitrogen and oxygen atoms in total. The summed E-state index contributed by atoms with van der Waals surface area (Å²) < 4.78 is 0. The number of amides is 1. The van der Waals surface area contributed by atoms with Crippen LogP contribution in [0.15, 0.2) is 65.2 Å². The highest BCUT2D eigenvalue weighted by molar-refractivity contribution is 6.14. The fourth-order valence-electron chi connectivity index (χ4n) is 2.65. The van der Waals surface area contributed by atoms with Crippen LogP contribution < -0.4 is 11.1 Å². The molecule has 1 atom stereocenters. The average Bonchev–Trinajstić information content (AvgIpc) is 2.93. The highest BCUT2D eigenvalue weighted by Gasteiger charge is 2.25. The lowest BCUT2D eigenvalue weighted by molar-refractivity contribution is -0.117. The molecule has 0 aliphatic carbocycles. The summed E-state index contributed by atoms with van der Waals surface area (Å²) in [4.78, 5) is 16.8. The first-order chi connectivity index (χ1) is 11.6. The first kappa shape index (κ1) is 15.5. The minimum absolute atomic E-state index is 0.0364. The van der Waals surface area contributed by atoms with Crippen LogP contribution in [-0.2, 0) is 4.79 Å². The Morgan fingerprint density at radius 1 is 1.12 bits per heavy atom. The zero-order valence-corrected chi connectivity index (χ0v) is 13.2. The van der Waals surface area contributed by atoms with E-state index >= 15 is 0 Å². The van der Waals surface area contributed by atoms with Gasteiger partial charge in [0.1, 0.15) is 17.5 Å². The summed E-state index contributed by atoms with van der Waals surface area (Å²) in [5.41, 5.74) is 8.59. The number of nitriles is 1. The minimum atomic E-state index is -0.461. The highest BCUT2D eigenvalue weighted by atomic mass is 16.1. The molecule has 1 unspecified atom stereocenters. The van der Waals surface area contributed by atoms with Crippen molar-refractivity contribution in [1.29, 1.82) is 5.26 Å². The van der Waals surface area contributed by atoms with Gasteiger partial charge in [-0.05, 0) is 12.5 Å². The van der Waals surface area contributed by atoms with Crippen molar-refractivity contribution in [3.63, 3.8) is 0 Å². The number of rotatable bonds is 3. The highest BCUT2D eigenvalue weighted by Crippen LogP contribution is 2.30. The fraction of sp³-hybridized carbons (Fsp3) is 0.105. The molecule has 0 fully saturated rings. The maximum Gasteiger partial charge on any atom is 0.264 e. The molecule has 2 aromatic carbocycles. The summed E-state index contributed by atoms with van der Waals surface area (Å²) in [6.45, 7) is 1.87. The van der Waals surface area contributed by atoms with Crippen LogP contribution >= 0.6 is 0 Å². The van der Waals surface area contributed by atoms with Crippen molar-refractivity contribution in [2.24, 2.45) is 10.7 Å². The molecule has 24 heavy (non-hydrogen) atoms. The Balaban J connectivity index is 1.93. The Hall–Kier alpha value is -3.39. The summed E-state index contributed by atoms with van der Waals surface area (Å²) in [7, 11) is 0. The number of benzene rings is 2. The molecule has 1 heterocycles. The van der Waals surface area contributed by atoms with Crippen LogP contribution in [0.1, 0.15) is 29.7 Å². The maximum atomic E-state index is 12.6. The summed E-state index contributed by atoms with van der Waals surface area (Å²) in [6, 6.07) is 18.6. The summed E-state index contributed by atoms with van der Waals surface area (Å²) >= 11 is 0. The summed E-state index contributed by atoms with van der Waals surface area (Å²) in [5.74, 6) is -0.144. The molecule has 1 amide bonds. The number of hydrogen-bond donors (Lipinski definition) is 2. The van der Waals surface area contributed by atoms with Gasteiger partial charge in [-0.3, -0.25) is 4.79 Å². The largest absolute Gasteiger partial charge is 0.383 e. The minimum Gasteiger partial charge on any atom is -0.383 e. The van der Waals surface area contributed by atoms with Crippen molar-refractivity contribution >= 4 is 17.4 Å². The molecule has 0 aromatic heterocycles. The second-order valence-corrected chi connectivity index (χ2v) is 5.48. The van der Waals surface area contributed by atoms with Crippen molar-refractivity contribution in [1.82, 2.24) is 5.32 Å². The van der Waals surface area contributed by atoms with Gasteiger partial charge in [0, 0.05) is 11.1 Å². The van der Waals surface area contributed by atoms with Crippen LogP contribution in [0.5, 0.6) is 0 Å². The number of hydrogen-bond acceptors (Lipinski definition) is 4. The lowest BCUT2D eigenvalue weighted by Gasteiger charge is -2.14. The Bertz CT molecular complexity index is 891. The van der Waals surface area contributed by atoms with Gasteiger partial charge < -0.3 is 11.1 Å². The number of carbonyl (C=O) groups is 1. The number of nitrogens with zero attached hydrogens (tertiary/aromatic N) is 2. The van der Waals surface area contributed by atoms with E-state index < -0.39 is 5.91 Å². The van der Waals surface area contributed by atoms with Crippen LogP contribution in [0.4, 0.5) is 0 Å². The third-order valence-corrected chi connectivity index (χ3v) is 3.91. The number of nitrogens with two attached hydrogens (primary N) is 1. The van der Waals surface area contributed by atoms with E-state index in [-0.39, 0.29) is 11.6 Å². The van der Waals surface area contributed by atoms with Gasteiger partial charge in [0.05, 0.1) is 11.7 Å². The molecule has 2 aromatic rings. The SMILES string of the molecule is CC(NC(=O)/C(C#N)=C1\N=C(N)c2ccccc21)c1ccccc1. The maximum absolute atomic E-state index is 12.6. The molecular weight excluding hydrogens is 300 g/mol. The van der Waals surface area contributed by atoms with Crippen molar-refractivity contribution in [2.45, 2.75) is 13.0 Å². The molecule has 5 heteroatoms. The molecule has 0 saturated carbocycles. The molecular formula is C19H16N4O. The van der Waals surface area contributed by atoms with Gasteiger partial charge in [-0.15, -0.1) is 0 Å². The molecule has 3 N–H and O–H groups in total. The topological polar surface area (TPSA) is 91.3 Å². The van der Waals surface area contributed by atoms with Gasteiger partial charge in [-0.1, -0.05) is 54.6 Å². The molecule has 0 saturated heterocycles. The molecule has 3 rings (SSSR count). The van der Waals surface area contributed by atoms with Crippen LogP contribution in [0, 0.1) is 11.3 Å². The fourth-order valence-corrected chi connectivity index (χ4v) is 2.65. The normalized spacial score (nSPS) is 15.8. The van der Waals surface area contributed by atoms with Gasteiger partial charge in [0.15, 0.2) is 0 Å². The van der Waals surface area contributed by atoms with Crippen molar-refractivity contribution < 1.29 is 4.79 Å². The molecule has 0 bridgehead atoms. The predicted molar refractivity (Wildman–Crippen MR) is 92.7 cm³/mol. The third-order valence-electron chi connectivity index (χ3n) is 3.91. The zero-order chi connectivity index (χ0) is 17.1. The van der Waals surface area contributed by atoms with E-state index in [1.54, 1.807) is 6.07 Å². The number of fused-ring (bicyclic) bond motifs is 1. The Labute approximate surface area is 140 Å². The third kappa shape index (κ3) is 2.77. The Morgan fingerprint density at radius 3 is 2.42 bits per heavy atom. The van der Waals surface area contributed by atoms with Gasteiger partial charge in [0.2, 0.25) is 0 Å². The first-order valence-electron chi connectivity index (χ1n) is 7.56. The van der Waals surface area contributed by atoms with Crippen molar-refractivity contribution in [3.05, 3.63) is 76.9 Å². The summed E-state index contributed by atoms with van der Waals surface area (Å²) in [5, 5.41) is 12.3. The second kappa shape index (κ2) is 6.39. The van der Waals surface area contributed by atoms with Crippen molar-refractivity contribution in [2.75, 3.05) is 0 Å². The Morgan fingerprint density at radius 2 is 1.75 bits per heavy atom. The Kier molecular flexibility index (Phi) is 4.13. The van der Waals surface area contributed by atoms with Crippen LogP contribution in [-0.4, -0.2) is 11.7 Å². The van der Waals surface area contributed by atoms with Crippen molar-refractivity contribution in [3.8, 4) is 6.07 Å². The van der Waals surface area contributed by atoms with E-state index in [1.807, 2.05) is 61.5 Å². The summed E-state index contributed by atoms with van der Waals surface area (Å²) in [6.07, 6.45) is 0. The molecule has 118 valence electrons. The van der Waals surface area contributed by atoms with Gasteiger partial charge in [-0.25, -0.2) is 4.99 Å². The molecule has 1 aliphatic heterocycles. The monoisotopic (exact) mass is 316 g/mol. The predicted octanol–water partition coefficient (Wildman–Crippen LogP) is 2.52. The second-order valence-electron chi connectivity index (χ2n) is 5.48. The lowest BCUT2D eigenvalue weighted by atomic mass is 10.0. The smallest absolute Gasteiger partial charge is 0.264 e. The van der Waals surface area contributed by atoms with E-state index in [0.717, 1.165) is 11.1 Å². The standard InChI is InChI=1S/C19H16N4O/c1-12(13-7-3-2-4-8-13)22-19(24)16(11-20)17-14-9-5-6-10-15(14)18(21)23-17/h2-10,12H,1H3,(H2,21,23)(H,22,24)/b17-16-. The molecule has 0 radical (unpaired) electrons. The van der Waals surface area contributed by atoms with E-state index in [2.05, 4.69) is 10.3 Å². The van der Waals surface area contributed by atoms with Crippen LogP contribution in [0.25, 0.3) is 5.70 Å². The first-order valence-corrected chi connectivity index (χ1v) is 7.56. The van der Waals surface area contributed by atoms with Crippen LogP contribution in [0.2, 0.25) is 0 Å². The van der Waals surface area contributed by atoms with E-state index in [0.29, 0.717) is 17.1 Å². The van der Waals surface area contributed by atoms with E-state index in [1.165, 1.54) is 0 Å². The quantitative estimate of drug-likeness (QED) is 0.673. The molecule has 1 aliphatic rings. The number of amidine groups is 1. The zero-order valence-electron chi connectivity index (χ0n) is 13.2. The van der Waals surface area contributed by atoms with E-state index in [9.17, 15) is 10.1 Å². The number of aliphatic imine (C=N–C) groups is 1. The lowest BCUT2D eigenvalue weighted by Crippen LogP contribution is -2.28. The van der Waals surface area contributed by atoms with Gasteiger partial charge in [0.25, 0.3) is 5.91 Å².